The lowest BCUT2D eigenvalue weighted by Crippen LogP contribution is -2.13. The maximum Gasteiger partial charge on any atom is 0.158 e. The zero-order valence-electron chi connectivity index (χ0n) is 9.69. The van der Waals surface area contributed by atoms with Crippen molar-refractivity contribution in [3.8, 4) is 0 Å². The molecule has 2 rings (SSSR count). The Morgan fingerprint density at radius 2 is 2.41 bits per heavy atom. The summed E-state index contributed by atoms with van der Waals surface area (Å²) in [5, 5.41) is 11.5. The average molecular weight is 346 g/mol. The van der Waals surface area contributed by atoms with Crippen LogP contribution in [0, 0.1) is 3.57 Å². The Balaban J connectivity index is 1.89. The van der Waals surface area contributed by atoms with Crippen LogP contribution in [0.5, 0.6) is 0 Å². The van der Waals surface area contributed by atoms with Gasteiger partial charge in [0.05, 0.1) is 15.5 Å². The lowest BCUT2D eigenvalue weighted by molar-refractivity contribution is 0.364. The number of rotatable bonds is 6. The zero-order valence-corrected chi connectivity index (χ0v) is 11.8. The first kappa shape index (κ1) is 12.6. The van der Waals surface area contributed by atoms with E-state index in [0.29, 0.717) is 6.54 Å². The summed E-state index contributed by atoms with van der Waals surface area (Å²) in [5.41, 5.74) is 0.940. The van der Waals surface area contributed by atoms with E-state index in [1.54, 1.807) is 0 Å². The van der Waals surface area contributed by atoms with Crippen LogP contribution >= 0.6 is 22.6 Å². The van der Waals surface area contributed by atoms with Crippen LogP contribution in [-0.2, 0) is 13.1 Å². The van der Waals surface area contributed by atoms with Gasteiger partial charge < -0.3 is 9.84 Å². The monoisotopic (exact) mass is 346 g/mol. The average Bonchev–Trinajstić information content (AvgIpc) is 2.90. The van der Waals surface area contributed by atoms with Gasteiger partial charge in [0.25, 0.3) is 0 Å². The van der Waals surface area contributed by atoms with Crippen LogP contribution in [0.25, 0.3) is 0 Å². The van der Waals surface area contributed by atoms with Crippen molar-refractivity contribution in [2.45, 2.75) is 26.4 Å². The molecule has 0 amide bonds. The topological polar surface area (TPSA) is 55.9 Å². The molecular formula is C11H15IN4O. The van der Waals surface area contributed by atoms with Gasteiger partial charge in [-0.25, -0.2) is 0 Å². The quantitative estimate of drug-likeness (QED) is 0.642. The number of nitrogens with zero attached hydrogens (tertiary/aromatic N) is 3. The molecule has 2 aromatic rings. The highest BCUT2D eigenvalue weighted by Gasteiger charge is 2.05. The number of hydrogen-bond donors (Lipinski definition) is 1. The molecule has 0 aliphatic rings. The summed E-state index contributed by atoms with van der Waals surface area (Å²) in [5.74, 6) is 0.831. The molecule has 1 N–H and O–H groups in total. The van der Waals surface area contributed by atoms with Crippen molar-refractivity contribution in [1.82, 2.24) is 20.3 Å². The molecule has 0 atom stereocenters. The van der Waals surface area contributed by atoms with Crippen LogP contribution in [0.2, 0.25) is 0 Å². The van der Waals surface area contributed by atoms with Gasteiger partial charge in [-0.1, -0.05) is 12.1 Å². The minimum Gasteiger partial charge on any atom is -0.359 e. The molecule has 0 radical (unpaired) electrons. The third-order valence-electron chi connectivity index (χ3n) is 2.26. The fraction of sp³-hybridized carbons (Fsp3) is 0.455. The summed E-state index contributed by atoms with van der Waals surface area (Å²) in [7, 11) is 0. The largest absolute Gasteiger partial charge is 0.359 e. The fourth-order valence-electron chi connectivity index (χ4n) is 1.49. The van der Waals surface area contributed by atoms with Crippen LogP contribution in [-0.4, -0.2) is 21.5 Å². The Kier molecular flexibility index (Phi) is 4.55. The van der Waals surface area contributed by atoms with Crippen molar-refractivity contribution >= 4 is 22.6 Å². The molecule has 0 fully saturated rings. The SMILES string of the molecule is CCCNCc1cc(Cn2cc(I)cn2)on1. The first-order valence-corrected chi connectivity index (χ1v) is 6.69. The second kappa shape index (κ2) is 6.15. The number of nitrogens with one attached hydrogen (secondary N) is 1. The molecule has 6 heteroatoms. The first-order valence-electron chi connectivity index (χ1n) is 5.61. The van der Waals surface area contributed by atoms with E-state index in [2.05, 4.69) is 45.1 Å². The maximum atomic E-state index is 5.26. The molecule has 0 saturated carbocycles. The Labute approximate surface area is 114 Å². The molecule has 2 aromatic heterocycles. The summed E-state index contributed by atoms with van der Waals surface area (Å²) in [4.78, 5) is 0. The van der Waals surface area contributed by atoms with Crippen LogP contribution in [0.4, 0.5) is 0 Å². The zero-order chi connectivity index (χ0) is 12.1. The predicted molar refractivity (Wildman–Crippen MR) is 72.5 cm³/mol. The van der Waals surface area contributed by atoms with Crippen LogP contribution in [0.1, 0.15) is 24.8 Å². The Hall–Kier alpha value is -0.890. The molecule has 0 unspecified atom stereocenters. The molecule has 92 valence electrons. The standard InChI is InChI=1S/C11H15IN4O/c1-2-3-13-6-10-4-11(17-15-10)8-16-7-9(12)5-14-16/h4-5,7,13H,2-3,6,8H2,1H3. The van der Waals surface area contributed by atoms with Crippen LogP contribution in [0.3, 0.4) is 0 Å². The third kappa shape index (κ3) is 3.81. The summed E-state index contributed by atoms with van der Waals surface area (Å²) >= 11 is 2.23. The summed E-state index contributed by atoms with van der Waals surface area (Å²) < 4.78 is 8.21. The van der Waals surface area contributed by atoms with Crippen LogP contribution < -0.4 is 5.32 Å². The fourth-order valence-corrected chi connectivity index (χ4v) is 1.94. The van der Waals surface area contributed by atoms with E-state index in [-0.39, 0.29) is 0 Å². The van der Waals surface area contributed by atoms with Crippen LogP contribution in [0.15, 0.2) is 23.0 Å². The van der Waals surface area contributed by atoms with Crippen molar-refractivity contribution in [3.63, 3.8) is 0 Å². The number of hydrogen-bond acceptors (Lipinski definition) is 4. The van der Waals surface area contributed by atoms with Crippen molar-refractivity contribution in [3.05, 3.63) is 33.5 Å². The second-order valence-corrected chi connectivity index (χ2v) is 5.06. The predicted octanol–water partition coefficient (Wildman–Crippen LogP) is 2.02. The van der Waals surface area contributed by atoms with E-state index < -0.39 is 0 Å². The second-order valence-electron chi connectivity index (χ2n) is 3.82. The maximum absolute atomic E-state index is 5.26. The Bertz CT molecular complexity index is 465. The van der Waals surface area contributed by atoms with Gasteiger partial charge in [-0.05, 0) is 35.6 Å². The van der Waals surface area contributed by atoms with Gasteiger partial charge in [0.15, 0.2) is 5.76 Å². The van der Waals surface area contributed by atoms with E-state index in [0.717, 1.165) is 34.5 Å². The molecule has 17 heavy (non-hydrogen) atoms. The molecular weight excluding hydrogens is 331 g/mol. The molecule has 5 nitrogen and oxygen atoms in total. The highest BCUT2D eigenvalue weighted by Crippen LogP contribution is 2.07. The molecule has 0 aliphatic carbocycles. The smallest absolute Gasteiger partial charge is 0.158 e. The van der Waals surface area contributed by atoms with Gasteiger partial charge in [-0.15, -0.1) is 0 Å². The lowest BCUT2D eigenvalue weighted by Gasteiger charge is -1.96. The highest BCUT2D eigenvalue weighted by molar-refractivity contribution is 14.1. The molecule has 0 aliphatic heterocycles. The van der Waals surface area contributed by atoms with E-state index in [1.807, 2.05) is 23.1 Å². The van der Waals surface area contributed by atoms with Crippen molar-refractivity contribution in [1.29, 1.82) is 0 Å². The first-order chi connectivity index (χ1) is 8.28. The van der Waals surface area contributed by atoms with Gasteiger partial charge >= 0.3 is 0 Å². The summed E-state index contributed by atoms with van der Waals surface area (Å²) in [6, 6.07) is 1.97. The van der Waals surface area contributed by atoms with Crippen molar-refractivity contribution in [2.24, 2.45) is 0 Å². The minimum absolute atomic E-state index is 0.629. The number of aromatic nitrogens is 3. The van der Waals surface area contributed by atoms with E-state index in [4.69, 9.17) is 4.52 Å². The van der Waals surface area contributed by atoms with Gasteiger partial charge in [0.2, 0.25) is 0 Å². The molecule has 0 spiro atoms. The van der Waals surface area contributed by atoms with E-state index in [9.17, 15) is 0 Å². The van der Waals surface area contributed by atoms with Gasteiger partial charge in [0.1, 0.15) is 6.54 Å². The van der Waals surface area contributed by atoms with Gasteiger partial charge in [0, 0.05) is 18.8 Å². The Morgan fingerprint density at radius 3 is 3.12 bits per heavy atom. The minimum atomic E-state index is 0.629. The van der Waals surface area contributed by atoms with Crippen molar-refractivity contribution in [2.75, 3.05) is 6.54 Å². The van der Waals surface area contributed by atoms with Gasteiger partial charge in [-0.2, -0.15) is 5.10 Å². The molecule has 0 aromatic carbocycles. The molecule has 0 bridgehead atoms. The van der Waals surface area contributed by atoms with Gasteiger partial charge in [-0.3, -0.25) is 4.68 Å². The lowest BCUT2D eigenvalue weighted by atomic mass is 10.3. The summed E-state index contributed by atoms with van der Waals surface area (Å²) in [6.07, 6.45) is 4.91. The van der Waals surface area contributed by atoms with E-state index in [1.165, 1.54) is 0 Å². The highest BCUT2D eigenvalue weighted by atomic mass is 127. The third-order valence-corrected chi connectivity index (χ3v) is 2.82. The number of halogens is 1. The molecule has 0 saturated heterocycles. The van der Waals surface area contributed by atoms with E-state index >= 15 is 0 Å². The normalized spacial score (nSPS) is 10.9. The van der Waals surface area contributed by atoms with Crippen molar-refractivity contribution < 1.29 is 4.52 Å². The summed E-state index contributed by atoms with van der Waals surface area (Å²) in [6.45, 7) is 4.53. The molecule has 2 heterocycles. The Morgan fingerprint density at radius 1 is 1.53 bits per heavy atom.